The fourth-order valence-corrected chi connectivity index (χ4v) is 4.46. The molecule has 2 heterocycles. The summed E-state index contributed by atoms with van der Waals surface area (Å²) in [6, 6.07) is 7.60. The van der Waals surface area contributed by atoms with Crippen LogP contribution in [-0.2, 0) is 19.6 Å². The highest BCUT2D eigenvalue weighted by Gasteiger charge is 2.26. The van der Waals surface area contributed by atoms with Gasteiger partial charge in [-0.05, 0) is 12.1 Å². The number of fused-ring (bicyclic) bond motifs is 1. The van der Waals surface area contributed by atoms with Crippen molar-refractivity contribution in [3.63, 3.8) is 0 Å². The van der Waals surface area contributed by atoms with Crippen LogP contribution in [0.25, 0.3) is 10.2 Å². The van der Waals surface area contributed by atoms with Gasteiger partial charge in [0.15, 0.2) is 5.13 Å². The quantitative estimate of drug-likeness (QED) is 0.816. The standard InChI is InChI=1S/C16H20N4O4S2/c1-26(23,24)20-10-8-19(9-11-20)15(22)7-6-14(21)18-16-17-12-4-2-3-5-13(12)25-16/h2-5H,6-11H2,1H3,(H,17,18,21). The van der Waals surface area contributed by atoms with Crippen molar-refractivity contribution in [2.75, 3.05) is 37.8 Å². The Morgan fingerprint density at radius 2 is 1.85 bits per heavy atom. The summed E-state index contributed by atoms with van der Waals surface area (Å²) in [5.74, 6) is -0.398. The molecular formula is C16H20N4O4S2. The second-order valence-electron chi connectivity index (χ2n) is 6.08. The SMILES string of the molecule is CS(=O)(=O)N1CCN(C(=O)CCC(=O)Nc2nc3ccccc3s2)CC1. The summed E-state index contributed by atoms with van der Waals surface area (Å²) in [5.41, 5.74) is 0.827. The predicted molar refractivity (Wildman–Crippen MR) is 100 cm³/mol. The molecule has 1 fully saturated rings. The third-order valence-corrected chi connectivity index (χ3v) is 6.42. The van der Waals surface area contributed by atoms with Gasteiger partial charge in [0.05, 0.1) is 16.5 Å². The van der Waals surface area contributed by atoms with E-state index in [4.69, 9.17) is 0 Å². The van der Waals surface area contributed by atoms with Crippen LogP contribution in [0.4, 0.5) is 5.13 Å². The number of nitrogens with zero attached hydrogens (tertiary/aromatic N) is 3. The van der Waals surface area contributed by atoms with E-state index >= 15 is 0 Å². The predicted octanol–water partition coefficient (Wildman–Crippen LogP) is 1.12. The lowest BCUT2D eigenvalue weighted by atomic mass is 10.2. The molecule has 10 heteroatoms. The number of piperazine rings is 1. The Hall–Kier alpha value is -2.04. The van der Waals surface area contributed by atoms with Gasteiger partial charge in [0, 0.05) is 39.0 Å². The Morgan fingerprint density at radius 1 is 1.15 bits per heavy atom. The van der Waals surface area contributed by atoms with E-state index in [2.05, 4.69) is 10.3 Å². The van der Waals surface area contributed by atoms with E-state index in [-0.39, 0.29) is 24.7 Å². The molecule has 26 heavy (non-hydrogen) atoms. The maximum atomic E-state index is 12.2. The summed E-state index contributed by atoms with van der Waals surface area (Å²) in [5, 5.41) is 3.25. The van der Waals surface area contributed by atoms with Crippen LogP contribution >= 0.6 is 11.3 Å². The van der Waals surface area contributed by atoms with Crippen LogP contribution < -0.4 is 5.32 Å². The first-order chi connectivity index (χ1) is 12.3. The molecule has 1 aliphatic rings. The van der Waals surface area contributed by atoms with Gasteiger partial charge in [0.1, 0.15) is 0 Å². The minimum Gasteiger partial charge on any atom is -0.340 e. The molecule has 1 aromatic carbocycles. The number of sulfonamides is 1. The molecule has 8 nitrogen and oxygen atoms in total. The maximum absolute atomic E-state index is 12.2. The molecule has 0 bridgehead atoms. The smallest absolute Gasteiger partial charge is 0.226 e. The third-order valence-electron chi connectivity index (χ3n) is 4.17. The van der Waals surface area contributed by atoms with E-state index in [1.165, 1.54) is 15.6 Å². The van der Waals surface area contributed by atoms with Gasteiger partial charge in [-0.3, -0.25) is 9.59 Å². The number of anilines is 1. The molecule has 2 aromatic rings. The highest BCUT2D eigenvalue weighted by atomic mass is 32.2. The van der Waals surface area contributed by atoms with Crippen molar-refractivity contribution >= 4 is 48.5 Å². The lowest BCUT2D eigenvalue weighted by molar-refractivity contribution is -0.133. The molecule has 1 saturated heterocycles. The molecule has 3 rings (SSSR count). The number of hydrogen-bond donors (Lipinski definition) is 1. The average molecular weight is 396 g/mol. The monoisotopic (exact) mass is 396 g/mol. The maximum Gasteiger partial charge on any atom is 0.226 e. The van der Waals surface area contributed by atoms with Gasteiger partial charge in [0.25, 0.3) is 0 Å². The second-order valence-corrected chi connectivity index (χ2v) is 9.09. The van der Waals surface area contributed by atoms with Crippen molar-refractivity contribution in [2.45, 2.75) is 12.8 Å². The van der Waals surface area contributed by atoms with E-state index < -0.39 is 10.0 Å². The Balaban J connectivity index is 1.46. The van der Waals surface area contributed by atoms with Crippen LogP contribution in [0.15, 0.2) is 24.3 Å². The number of nitrogens with one attached hydrogen (secondary N) is 1. The summed E-state index contributed by atoms with van der Waals surface area (Å²) >= 11 is 1.39. The van der Waals surface area contributed by atoms with E-state index in [0.29, 0.717) is 31.3 Å². The molecule has 1 aromatic heterocycles. The van der Waals surface area contributed by atoms with Crippen molar-refractivity contribution in [3.8, 4) is 0 Å². The molecule has 140 valence electrons. The number of benzene rings is 1. The lowest BCUT2D eigenvalue weighted by Gasteiger charge is -2.33. The largest absolute Gasteiger partial charge is 0.340 e. The van der Waals surface area contributed by atoms with Crippen molar-refractivity contribution < 1.29 is 18.0 Å². The van der Waals surface area contributed by atoms with Crippen LogP contribution in [0.2, 0.25) is 0 Å². The molecule has 0 unspecified atom stereocenters. The van der Waals surface area contributed by atoms with Crippen molar-refractivity contribution in [1.82, 2.24) is 14.2 Å². The molecule has 2 amide bonds. The molecule has 0 saturated carbocycles. The third kappa shape index (κ3) is 4.57. The molecule has 1 N–H and O–H groups in total. The fraction of sp³-hybridized carbons (Fsp3) is 0.438. The van der Waals surface area contributed by atoms with Crippen LogP contribution in [0, 0.1) is 0 Å². The van der Waals surface area contributed by atoms with Gasteiger partial charge in [-0.2, -0.15) is 4.31 Å². The number of para-hydroxylation sites is 1. The summed E-state index contributed by atoms with van der Waals surface area (Å²) in [4.78, 5) is 30.2. The van der Waals surface area contributed by atoms with Gasteiger partial charge >= 0.3 is 0 Å². The van der Waals surface area contributed by atoms with Gasteiger partial charge < -0.3 is 10.2 Å². The normalized spacial score (nSPS) is 16.0. The number of aromatic nitrogens is 1. The summed E-state index contributed by atoms with van der Waals surface area (Å²) < 4.78 is 25.3. The first-order valence-corrected chi connectivity index (χ1v) is 10.9. The first kappa shape index (κ1) is 18.7. The number of carbonyl (C=O) groups excluding carboxylic acids is 2. The van der Waals surface area contributed by atoms with Crippen LogP contribution in [-0.4, -0.2) is 66.9 Å². The first-order valence-electron chi connectivity index (χ1n) is 8.21. The topological polar surface area (TPSA) is 99.7 Å². The minimum absolute atomic E-state index is 0.0705. The van der Waals surface area contributed by atoms with E-state index in [1.54, 1.807) is 4.90 Å². The zero-order chi connectivity index (χ0) is 18.7. The number of thiazole rings is 1. The van der Waals surface area contributed by atoms with Crippen LogP contribution in [0.3, 0.4) is 0 Å². The number of amides is 2. The second kappa shape index (κ2) is 7.68. The Bertz CT molecular complexity index is 884. The number of carbonyl (C=O) groups is 2. The van der Waals surface area contributed by atoms with E-state index in [0.717, 1.165) is 16.5 Å². The Labute approximate surface area is 155 Å². The van der Waals surface area contributed by atoms with Gasteiger partial charge in [-0.25, -0.2) is 13.4 Å². The van der Waals surface area contributed by atoms with Crippen LogP contribution in [0.1, 0.15) is 12.8 Å². The van der Waals surface area contributed by atoms with E-state index in [9.17, 15) is 18.0 Å². The Morgan fingerprint density at radius 3 is 2.50 bits per heavy atom. The van der Waals surface area contributed by atoms with Gasteiger partial charge in [-0.15, -0.1) is 0 Å². The number of hydrogen-bond acceptors (Lipinski definition) is 6. The average Bonchev–Trinajstić information content (AvgIpc) is 3.01. The van der Waals surface area contributed by atoms with E-state index in [1.807, 2.05) is 24.3 Å². The van der Waals surface area contributed by atoms with Gasteiger partial charge in [-0.1, -0.05) is 23.5 Å². The molecule has 0 atom stereocenters. The minimum atomic E-state index is -3.22. The summed E-state index contributed by atoms with van der Waals surface area (Å²) in [6.45, 7) is 1.29. The van der Waals surface area contributed by atoms with Crippen molar-refractivity contribution in [3.05, 3.63) is 24.3 Å². The molecular weight excluding hydrogens is 376 g/mol. The fourth-order valence-electron chi connectivity index (χ4n) is 2.76. The van der Waals surface area contributed by atoms with Crippen LogP contribution in [0.5, 0.6) is 0 Å². The molecule has 0 aliphatic carbocycles. The van der Waals surface area contributed by atoms with Gasteiger partial charge in [0.2, 0.25) is 21.8 Å². The van der Waals surface area contributed by atoms with Crippen molar-refractivity contribution in [1.29, 1.82) is 0 Å². The summed E-state index contributed by atoms with van der Waals surface area (Å²) in [6.07, 6.45) is 1.33. The number of rotatable bonds is 5. The highest BCUT2D eigenvalue weighted by Crippen LogP contribution is 2.25. The lowest BCUT2D eigenvalue weighted by Crippen LogP contribution is -2.50. The Kier molecular flexibility index (Phi) is 5.54. The highest BCUT2D eigenvalue weighted by molar-refractivity contribution is 7.88. The summed E-state index contributed by atoms with van der Waals surface area (Å²) in [7, 11) is -3.22. The van der Waals surface area contributed by atoms with Crippen molar-refractivity contribution in [2.24, 2.45) is 0 Å². The zero-order valence-corrected chi connectivity index (χ0v) is 16.0. The molecule has 0 radical (unpaired) electrons. The molecule has 1 aliphatic heterocycles. The zero-order valence-electron chi connectivity index (χ0n) is 14.3. The molecule has 0 spiro atoms.